The number of aryl methyl sites for hydroxylation is 1. The lowest BCUT2D eigenvalue weighted by Crippen LogP contribution is -2.37. The second-order valence-corrected chi connectivity index (χ2v) is 5.83. The summed E-state index contributed by atoms with van der Waals surface area (Å²) in [7, 11) is 1.58. The largest absolute Gasteiger partial charge is 0.497 e. The van der Waals surface area contributed by atoms with E-state index in [0.717, 1.165) is 23.4 Å². The summed E-state index contributed by atoms with van der Waals surface area (Å²) in [5.41, 5.74) is 1.17. The van der Waals surface area contributed by atoms with Crippen LogP contribution in [0.25, 0.3) is 0 Å². The molecule has 2 aromatic rings. The minimum atomic E-state index is -1.13. The summed E-state index contributed by atoms with van der Waals surface area (Å²) in [6, 6.07) is 9.96. The van der Waals surface area contributed by atoms with Crippen LogP contribution in [0.15, 0.2) is 42.5 Å². The van der Waals surface area contributed by atoms with E-state index in [4.69, 9.17) is 4.74 Å². The molecule has 1 amide bonds. The van der Waals surface area contributed by atoms with Gasteiger partial charge in [0.25, 0.3) is 0 Å². The Morgan fingerprint density at radius 3 is 2.64 bits per heavy atom. The minimum Gasteiger partial charge on any atom is -0.497 e. The smallest absolute Gasteiger partial charge is 0.220 e. The second kappa shape index (κ2) is 8.58. The molecule has 0 aliphatic heterocycles. The van der Waals surface area contributed by atoms with Crippen molar-refractivity contribution in [2.24, 2.45) is 0 Å². The van der Waals surface area contributed by atoms with Crippen LogP contribution in [0.2, 0.25) is 0 Å². The molecule has 4 nitrogen and oxygen atoms in total. The molecule has 134 valence electrons. The highest BCUT2D eigenvalue weighted by Gasteiger charge is 2.19. The van der Waals surface area contributed by atoms with Crippen LogP contribution in [0.5, 0.6) is 5.75 Å². The Labute approximate surface area is 145 Å². The zero-order valence-electron chi connectivity index (χ0n) is 14.1. The summed E-state index contributed by atoms with van der Waals surface area (Å²) in [5.74, 6) is -1.53. The van der Waals surface area contributed by atoms with Crippen LogP contribution in [0.1, 0.15) is 30.6 Å². The number of aliphatic hydroxyl groups excluding tert-OH is 1. The Balaban J connectivity index is 1.89. The van der Waals surface area contributed by atoms with Crippen molar-refractivity contribution in [1.29, 1.82) is 0 Å². The standard InChI is InChI=1S/C19H21F2NO3/c1-12(19(24)14-7-8-16(20)17(21)11-14)22-18(23)9-6-13-4-3-5-15(10-13)25-2/h3-5,7-8,10-12,19,24H,6,9H2,1-2H3,(H,22,23). The Morgan fingerprint density at radius 1 is 1.20 bits per heavy atom. The Bertz CT molecular complexity index is 736. The van der Waals surface area contributed by atoms with Crippen LogP contribution in [0.3, 0.4) is 0 Å². The van der Waals surface area contributed by atoms with Gasteiger partial charge < -0.3 is 15.2 Å². The number of methoxy groups -OCH3 is 1. The van der Waals surface area contributed by atoms with E-state index in [2.05, 4.69) is 5.32 Å². The molecule has 0 aliphatic carbocycles. The number of ether oxygens (including phenoxy) is 1. The van der Waals surface area contributed by atoms with Crippen molar-refractivity contribution >= 4 is 5.91 Å². The van der Waals surface area contributed by atoms with Gasteiger partial charge in [-0.1, -0.05) is 18.2 Å². The average molecular weight is 349 g/mol. The van der Waals surface area contributed by atoms with Crippen LogP contribution in [-0.2, 0) is 11.2 Å². The lowest BCUT2D eigenvalue weighted by Gasteiger charge is -2.21. The summed E-state index contributed by atoms with van der Waals surface area (Å²) in [4.78, 5) is 12.1. The van der Waals surface area contributed by atoms with E-state index in [1.807, 2.05) is 24.3 Å². The van der Waals surface area contributed by atoms with Crippen molar-refractivity contribution in [2.75, 3.05) is 7.11 Å². The molecule has 2 aromatic carbocycles. The van der Waals surface area contributed by atoms with Crippen molar-refractivity contribution in [3.63, 3.8) is 0 Å². The van der Waals surface area contributed by atoms with Gasteiger partial charge >= 0.3 is 0 Å². The third-order valence-electron chi connectivity index (χ3n) is 3.92. The van der Waals surface area contributed by atoms with E-state index >= 15 is 0 Å². The summed E-state index contributed by atoms with van der Waals surface area (Å²) in [5, 5.41) is 12.9. The summed E-state index contributed by atoms with van der Waals surface area (Å²) in [6.07, 6.45) is -0.366. The third-order valence-corrected chi connectivity index (χ3v) is 3.92. The van der Waals surface area contributed by atoms with Gasteiger partial charge in [-0.25, -0.2) is 8.78 Å². The number of rotatable bonds is 7. The average Bonchev–Trinajstić information content (AvgIpc) is 2.61. The molecule has 0 saturated carbocycles. The molecule has 2 atom stereocenters. The van der Waals surface area contributed by atoms with Crippen LogP contribution in [0, 0.1) is 11.6 Å². The minimum absolute atomic E-state index is 0.208. The molecule has 25 heavy (non-hydrogen) atoms. The SMILES string of the molecule is COc1cccc(CCC(=O)NC(C)C(O)c2ccc(F)c(F)c2)c1. The molecule has 0 bridgehead atoms. The van der Waals surface area contributed by atoms with Crippen LogP contribution < -0.4 is 10.1 Å². The van der Waals surface area contributed by atoms with E-state index in [1.54, 1.807) is 14.0 Å². The number of amides is 1. The number of carbonyl (C=O) groups excluding carboxylic acids is 1. The van der Waals surface area contributed by atoms with Crippen LogP contribution >= 0.6 is 0 Å². The summed E-state index contributed by atoms with van der Waals surface area (Å²) in [6.45, 7) is 1.61. The molecule has 2 N–H and O–H groups in total. The number of hydrogen-bond acceptors (Lipinski definition) is 3. The fourth-order valence-corrected chi connectivity index (χ4v) is 2.48. The number of carbonyl (C=O) groups is 1. The van der Waals surface area contributed by atoms with Crippen LogP contribution in [0.4, 0.5) is 8.78 Å². The van der Waals surface area contributed by atoms with Crippen molar-refractivity contribution in [2.45, 2.75) is 31.9 Å². The van der Waals surface area contributed by atoms with Gasteiger partial charge in [0.15, 0.2) is 11.6 Å². The molecule has 0 fully saturated rings. The first-order valence-corrected chi connectivity index (χ1v) is 7.96. The van der Waals surface area contributed by atoms with Crippen molar-refractivity contribution < 1.29 is 23.4 Å². The van der Waals surface area contributed by atoms with E-state index in [0.29, 0.717) is 6.42 Å². The molecule has 0 aromatic heterocycles. The molecule has 6 heteroatoms. The normalized spacial score (nSPS) is 13.2. The van der Waals surface area contributed by atoms with Crippen LogP contribution in [-0.4, -0.2) is 24.2 Å². The maximum absolute atomic E-state index is 13.3. The molecule has 0 saturated heterocycles. The van der Waals surface area contributed by atoms with Gasteiger partial charge in [-0.3, -0.25) is 4.79 Å². The zero-order valence-corrected chi connectivity index (χ0v) is 14.1. The summed E-state index contributed by atoms with van der Waals surface area (Å²) < 4.78 is 31.3. The third kappa shape index (κ3) is 5.26. The van der Waals surface area contributed by atoms with Crippen molar-refractivity contribution in [3.05, 3.63) is 65.2 Å². The van der Waals surface area contributed by atoms with Gasteiger partial charge in [0, 0.05) is 6.42 Å². The quantitative estimate of drug-likeness (QED) is 0.807. The van der Waals surface area contributed by atoms with Gasteiger partial charge in [0.05, 0.1) is 19.3 Å². The predicted molar refractivity (Wildman–Crippen MR) is 90.2 cm³/mol. The fraction of sp³-hybridized carbons (Fsp3) is 0.316. The Hall–Kier alpha value is -2.47. The maximum Gasteiger partial charge on any atom is 0.220 e. The Morgan fingerprint density at radius 2 is 1.96 bits per heavy atom. The number of aliphatic hydroxyl groups is 1. The molecule has 0 spiro atoms. The molecule has 2 unspecified atom stereocenters. The molecule has 0 radical (unpaired) electrons. The van der Waals surface area contributed by atoms with Gasteiger partial charge in [-0.05, 0) is 48.7 Å². The molecular formula is C19H21F2NO3. The highest BCUT2D eigenvalue weighted by molar-refractivity contribution is 5.76. The van der Waals surface area contributed by atoms with Crippen molar-refractivity contribution in [1.82, 2.24) is 5.32 Å². The van der Waals surface area contributed by atoms with E-state index < -0.39 is 23.8 Å². The zero-order chi connectivity index (χ0) is 18.4. The predicted octanol–water partition coefficient (Wildman–Crippen LogP) is 3.14. The van der Waals surface area contributed by atoms with Gasteiger partial charge in [-0.15, -0.1) is 0 Å². The first-order chi connectivity index (χ1) is 11.9. The van der Waals surface area contributed by atoms with E-state index in [9.17, 15) is 18.7 Å². The highest BCUT2D eigenvalue weighted by atomic mass is 19.2. The summed E-state index contributed by atoms with van der Waals surface area (Å²) >= 11 is 0. The first kappa shape index (κ1) is 18.9. The number of benzene rings is 2. The number of nitrogens with one attached hydrogen (secondary N) is 1. The number of halogens is 2. The Kier molecular flexibility index (Phi) is 6.47. The van der Waals surface area contributed by atoms with E-state index in [-0.39, 0.29) is 17.9 Å². The maximum atomic E-state index is 13.3. The van der Waals surface area contributed by atoms with Gasteiger partial charge in [0.1, 0.15) is 5.75 Å². The van der Waals surface area contributed by atoms with E-state index in [1.165, 1.54) is 6.07 Å². The topological polar surface area (TPSA) is 58.6 Å². The highest BCUT2D eigenvalue weighted by Crippen LogP contribution is 2.19. The molecule has 2 rings (SSSR count). The monoisotopic (exact) mass is 349 g/mol. The first-order valence-electron chi connectivity index (χ1n) is 7.96. The fourth-order valence-electron chi connectivity index (χ4n) is 2.48. The lowest BCUT2D eigenvalue weighted by molar-refractivity contribution is -0.122. The van der Waals surface area contributed by atoms with Gasteiger partial charge in [0.2, 0.25) is 5.91 Å². The van der Waals surface area contributed by atoms with Gasteiger partial charge in [-0.2, -0.15) is 0 Å². The molecule has 0 aliphatic rings. The second-order valence-electron chi connectivity index (χ2n) is 5.83. The number of hydrogen-bond donors (Lipinski definition) is 2. The molecular weight excluding hydrogens is 328 g/mol. The van der Waals surface area contributed by atoms with Crippen molar-refractivity contribution in [3.8, 4) is 5.75 Å². The lowest BCUT2D eigenvalue weighted by atomic mass is 10.0. The molecule has 0 heterocycles.